The van der Waals surface area contributed by atoms with Gasteiger partial charge in [0, 0.05) is 24.3 Å². The van der Waals surface area contributed by atoms with E-state index in [0.717, 1.165) is 38.9 Å². The fourth-order valence-corrected chi connectivity index (χ4v) is 3.93. The Morgan fingerprint density at radius 2 is 2.15 bits per heavy atom. The van der Waals surface area contributed by atoms with Crippen LogP contribution in [0.5, 0.6) is 11.5 Å². The summed E-state index contributed by atoms with van der Waals surface area (Å²) in [6, 6.07) is 9.92. The lowest BCUT2D eigenvalue weighted by atomic mass is 9.98. The zero-order valence-corrected chi connectivity index (χ0v) is 14.8. The first-order chi connectivity index (χ1) is 12.7. The van der Waals surface area contributed by atoms with Gasteiger partial charge in [0.1, 0.15) is 0 Å². The van der Waals surface area contributed by atoms with Crippen LogP contribution in [0.4, 0.5) is 16.5 Å². The van der Waals surface area contributed by atoms with E-state index in [-0.39, 0.29) is 12.7 Å². The van der Waals surface area contributed by atoms with Gasteiger partial charge in [-0.25, -0.2) is 4.98 Å². The van der Waals surface area contributed by atoms with E-state index in [0.29, 0.717) is 12.2 Å². The minimum Gasteiger partial charge on any atom is -0.454 e. The van der Waals surface area contributed by atoms with Gasteiger partial charge >= 0.3 is 0 Å². The quantitative estimate of drug-likeness (QED) is 0.765. The highest BCUT2D eigenvalue weighted by Gasteiger charge is 2.27. The number of anilines is 3. The highest BCUT2D eigenvalue weighted by molar-refractivity contribution is 7.13. The number of fused-ring (bicyclic) bond motifs is 2. The fraction of sp³-hybridized carbons (Fsp3) is 0.158. The van der Waals surface area contributed by atoms with Crippen LogP contribution in [-0.2, 0) is 11.2 Å². The van der Waals surface area contributed by atoms with E-state index in [9.17, 15) is 4.79 Å². The summed E-state index contributed by atoms with van der Waals surface area (Å²) in [5.41, 5.74) is 4.76. The first kappa shape index (κ1) is 15.2. The number of likely N-dealkylation sites (N-methyl/N-ethyl adjacent to an activating group) is 1. The molecule has 0 saturated heterocycles. The van der Waals surface area contributed by atoms with Crippen molar-refractivity contribution in [2.24, 2.45) is 0 Å². The van der Waals surface area contributed by atoms with E-state index in [1.807, 2.05) is 29.6 Å². The van der Waals surface area contributed by atoms with Gasteiger partial charge in [0.2, 0.25) is 12.7 Å². The summed E-state index contributed by atoms with van der Waals surface area (Å²) in [7, 11) is 1.81. The van der Waals surface area contributed by atoms with Crippen molar-refractivity contribution in [2.75, 3.05) is 24.1 Å². The molecule has 1 N–H and O–H groups in total. The number of nitrogens with one attached hydrogen (secondary N) is 1. The maximum atomic E-state index is 12.0. The van der Waals surface area contributed by atoms with E-state index >= 15 is 0 Å². The highest BCUT2D eigenvalue weighted by Crippen LogP contribution is 2.47. The maximum absolute atomic E-state index is 12.0. The number of ether oxygens (including phenoxy) is 2. The van der Waals surface area contributed by atoms with Crippen molar-refractivity contribution < 1.29 is 14.3 Å². The van der Waals surface area contributed by atoms with E-state index in [1.165, 1.54) is 11.3 Å². The predicted molar refractivity (Wildman–Crippen MR) is 101 cm³/mol. The number of amides is 1. The zero-order chi connectivity index (χ0) is 17.7. The van der Waals surface area contributed by atoms with Crippen LogP contribution in [0, 0.1) is 0 Å². The number of thiazole rings is 1. The van der Waals surface area contributed by atoms with Crippen molar-refractivity contribution in [3.05, 3.63) is 47.5 Å². The number of hydrogen-bond donors (Lipinski definition) is 1. The number of carbonyl (C=O) groups is 1. The Kier molecular flexibility index (Phi) is 3.36. The number of aromatic nitrogens is 1. The highest BCUT2D eigenvalue weighted by atomic mass is 32.1. The Labute approximate surface area is 154 Å². The molecule has 1 amide bonds. The van der Waals surface area contributed by atoms with Gasteiger partial charge in [-0.1, -0.05) is 6.07 Å². The van der Waals surface area contributed by atoms with E-state index < -0.39 is 0 Å². The topological polar surface area (TPSA) is 63.7 Å². The van der Waals surface area contributed by atoms with Gasteiger partial charge in [0.05, 0.1) is 17.7 Å². The van der Waals surface area contributed by atoms with Crippen molar-refractivity contribution in [3.63, 3.8) is 0 Å². The molecule has 7 heteroatoms. The molecular weight excluding hydrogens is 350 g/mol. The van der Waals surface area contributed by atoms with Crippen LogP contribution in [0.3, 0.4) is 0 Å². The molecule has 5 rings (SSSR count). The van der Waals surface area contributed by atoms with Gasteiger partial charge in [0.15, 0.2) is 16.6 Å². The number of hydrogen-bond acceptors (Lipinski definition) is 6. The Balaban J connectivity index is 1.65. The fourth-order valence-electron chi connectivity index (χ4n) is 3.39. The molecule has 3 aromatic rings. The zero-order valence-electron chi connectivity index (χ0n) is 14.0. The van der Waals surface area contributed by atoms with Crippen LogP contribution >= 0.6 is 11.3 Å². The molecular formula is C19H15N3O3S. The van der Waals surface area contributed by atoms with Crippen molar-refractivity contribution in [1.29, 1.82) is 0 Å². The van der Waals surface area contributed by atoms with Gasteiger partial charge in [-0.05, 0) is 35.4 Å². The van der Waals surface area contributed by atoms with E-state index in [4.69, 9.17) is 9.47 Å². The van der Waals surface area contributed by atoms with Crippen LogP contribution in [0.15, 0.2) is 41.9 Å². The van der Waals surface area contributed by atoms with Gasteiger partial charge in [-0.3, -0.25) is 4.79 Å². The molecule has 0 unspecified atom stereocenters. The number of nitrogens with zero attached hydrogens (tertiary/aromatic N) is 2. The number of carbonyl (C=O) groups excluding carboxylic acids is 1. The third-order valence-electron chi connectivity index (χ3n) is 4.66. The van der Waals surface area contributed by atoms with Crippen LogP contribution in [-0.4, -0.2) is 24.7 Å². The molecule has 2 aliphatic heterocycles. The molecule has 3 heterocycles. The van der Waals surface area contributed by atoms with Crippen LogP contribution in [0.1, 0.15) is 5.56 Å². The summed E-state index contributed by atoms with van der Waals surface area (Å²) >= 11 is 1.53. The standard InChI is InChI=1S/C19H15N3O3S/c1-22-14-4-2-11(8-12(14)9-16(22)23)17-13(21-19-20-6-7-26-19)3-5-15-18(17)25-10-24-15/h2-8H,9-10H2,1H3,(H,20,21). The summed E-state index contributed by atoms with van der Waals surface area (Å²) in [4.78, 5) is 18.0. The van der Waals surface area contributed by atoms with Crippen molar-refractivity contribution in [2.45, 2.75) is 6.42 Å². The minimum absolute atomic E-state index is 0.108. The molecule has 0 spiro atoms. The van der Waals surface area contributed by atoms with Crippen molar-refractivity contribution in [3.8, 4) is 22.6 Å². The van der Waals surface area contributed by atoms with Crippen LogP contribution in [0.25, 0.3) is 11.1 Å². The van der Waals surface area contributed by atoms with Gasteiger partial charge in [-0.15, -0.1) is 11.3 Å². The summed E-state index contributed by atoms with van der Waals surface area (Å²) in [6.45, 7) is 0.204. The first-order valence-electron chi connectivity index (χ1n) is 8.19. The molecule has 0 saturated carbocycles. The Morgan fingerprint density at radius 1 is 1.23 bits per heavy atom. The molecule has 6 nitrogen and oxygen atoms in total. The van der Waals surface area contributed by atoms with Gasteiger partial charge in [0.25, 0.3) is 0 Å². The largest absolute Gasteiger partial charge is 0.454 e. The molecule has 130 valence electrons. The Morgan fingerprint density at radius 3 is 3.00 bits per heavy atom. The molecule has 0 bridgehead atoms. The second kappa shape index (κ2) is 5.74. The average molecular weight is 365 g/mol. The molecule has 0 aliphatic carbocycles. The van der Waals surface area contributed by atoms with E-state index in [2.05, 4.69) is 16.4 Å². The lowest BCUT2D eigenvalue weighted by Gasteiger charge is -2.15. The summed E-state index contributed by atoms with van der Waals surface area (Å²) in [5.74, 6) is 1.54. The van der Waals surface area contributed by atoms with Gasteiger partial charge < -0.3 is 19.7 Å². The number of benzene rings is 2. The van der Waals surface area contributed by atoms with E-state index in [1.54, 1.807) is 18.1 Å². The lowest BCUT2D eigenvalue weighted by molar-refractivity contribution is -0.117. The molecule has 2 aliphatic rings. The number of rotatable bonds is 3. The summed E-state index contributed by atoms with van der Waals surface area (Å²) in [6.07, 6.45) is 2.18. The summed E-state index contributed by atoms with van der Waals surface area (Å²) in [5, 5.41) is 6.09. The van der Waals surface area contributed by atoms with Crippen LogP contribution < -0.4 is 19.7 Å². The Bertz CT molecular complexity index is 1020. The second-order valence-corrected chi connectivity index (χ2v) is 7.05. The minimum atomic E-state index is 0.108. The van der Waals surface area contributed by atoms with Crippen molar-refractivity contribution in [1.82, 2.24) is 4.98 Å². The van der Waals surface area contributed by atoms with Gasteiger partial charge in [-0.2, -0.15) is 0 Å². The molecule has 0 radical (unpaired) electrons. The normalized spacial score (nSPS) is 14.7. The molecule has 0 fully saturated rings. The molecule has 0 atom stereocenters. The molecule has 2 aromatic carbocycles. The third kappa shape index (κ3) is 2.32. The predicted octanol–water partition coefficient (Wildman–Crippen LogP) is 3.80. The third-order valence-corrected chi connectivity index (χ3v) is 5.35. The molecule has 1 aromatic heterocycles. The lowest BCUT2D eigenvalue weighted by Crippen LogP contribution is -2.20. The monoisotopic (exact) mass is 365 g/mol. The average Bonchev–Trinajstić information content (AvgIpc) is 3.37. The SMILES string of the molecule is CN1C(=O)Cc2cc(-c3c(Nc4nccs4)ccc4c3OCO4)ccc21. The molecule has 26 heavy (non-hydrogen) atoms. The van der Waals surface area contributed by atoms with Crippen LogP contribution in [0.2, 0.25) is 0 Å². The maximum Gasteiger partial charge on any atom is 0.231 e. The van der Waals surface area contributed by atoms with Crippen molar-refractivity contribution >= 4 is 33.8 Å². The first-order valence-corrected chi connectivity index (χ1v) is 9.07. The summed E-state index contributed by atoms with van der Waals surface area (Å²) < 4.78 is 11.3. The Hall–Kier alpha value is -3.06. The second-order valence-electron chi connectivity index (χ2n) is 6.16. The smallest absolute Gasteiger partial charge is 0.231 e.